The van der Waals surface area contributed by atoms with Gasteiger partial charge in [-0.1, -0.05) is 18.2 Å². The van der Waals surface area contributed by atoms with Crippen molar-refractivity contribution in [2.45, 2.75) is 20.0 Å². The second-order valence-electron chi connectivity index (χ2n) is 3.88. The van der Waals surface area contributed by atoms with E-state index in [1.807, 2.05) is 0 Å². The molecule has 18 heavy (non-hydrogen) atoms. The van der Waals surface area contributed by atoms with Gasteiger partial charge in [-0.2, -0.15) is 13.2 Å². The predicted octanol–water partition coefficient (Wildman–Crippen LogP) is 2.75. The molecule has 1 atom stereocenters. The lowest BCUT2D eigenvalue weighted by molar-refractivity contribution is -0.220. The van der Waals surface area contributed by atoms with Crippen molar-refractivity contribution in [3.63, 3.8) is 0 Å². The Labute approximate surface area is 102 Å². The average molecular weight is 260 g/mol. The molecule has 0 heterocycles. The number of carbonyl (C=O) groups is 2. The number of ether oxygens (including phenoxy) is 1. The van der Waals surface area contributed by atoms with Gasteiger partial charge in [-0.3, -0.25) is 9.59 Å². The molecule has 0 aliphatic rings. The highest BCUT2D eigenvalue weighted by molar-refractivity contribution is 6.03. The molecule has 1 unspecified atom stereocenters. The number of para-hydroxylation sites is 1. The molecule has 0 N–H and O–H groups in total. The third-order valence-corrected chi connectivity index (χ3v) is 2.63. The lowest BCUT2D eigenvalue weighted by Crippen LogP contribution is -2.49. The SMILES string of the molecule is CC(=O)C(C)(C(=O)Oc1ccccc1)C(F)(F)F. The molecule has 1 aromatic rings. The van der Waals surface area contributed by atoms with Gasteiger partial charge in [0.2, 0.25) is 5.41 Å². The molecule has 1 rings (SSSR count). The normalized spacial score (nSPS) is 14.7. The second kappa shape index (κ2) is 4.80. The topological polar surface area (TPSA) is 43.4 Å². The number of esters is 1. The number of benzene rings is 1. The summed E-state index contributed by atoms with van der Waals surface area (Å²) in [5, 5.41) is 0. The van der Waals surface area contributed by atoms with Crippen molar-refractivity contribution in [2.24, 2.45) is 5.41 Å². The van der Waals surface area contributed by atoms with Crippen molar-refractivity contribution < 1.29 is 27.5 Å². The van der Waals surface area contributed by atoms with Gasteiger partial charge in [-0.25, -0.2) is 0 Å². The number of alkyl halides is 3. The van der Waals surface area contributed by atoms with E-state index >= 15 is 0 Å². The number of carbonyl (C=O) groups excluding carboxylic acids is 2. The zero-order valence-electron chi connectivity index (χ0n) is 9.75. The van der Waals surface area contributed by atoms with Crippen molar-refractivity contribution in [1.82, 2.24) is 0 Å². The first-order valence-electron chi connectivity index (χ1n) is 5.04. The Kier molecular flexibility index (Phi) is 3.79. The Morgan fingerprint density at radius 1 is 1.11 bits per heavy atom. The van der Waals surface area contributed by atoms with Crippen LogP contribution in [-0.4, -0.2) is 17.9 Å². The zero-order chi connectivity index (χ0) is 14.0. The van der Waals surface area contributed by atoms with E-state index in [2.05, 4.69) is 4.74 Å². The lowest BCUT2D eigenvalue weighted by Gasteiger charge is -2.26. The van der Waals surface area contributed by atoms with Crippen LogP contribution in [0.5, 0.6) is 5.75 Å². The van der Waals surface area contributed by atoms with Crippen LogP contribution >= 0.6 is 0 Å². The van der Waals surface area contributed by atoms with Crippen LogP contribution in [0.1, 0.15) is 13.8 Å². The van der Waals surface area contributed by atoms with E-state index in [1.165, 1.54) is 24.3 Å². The molecule has 0 aliphatic heterocycles. The van der Waals surface area contributed by atoms with Crippen LogP contribution in [0.2, 0.25) is 0 Å². The fourth-order valence-corrected chi connectivity index (χ4v) is 1.16. The molecule has 0 amide bonds. The number of Topliss-reactive ketones (excluding diaryl/α,β-unsaturated/α-hetero) is 1. The minimum absolute atomic E-state index is 0.0424. The largest absolute Gasteiger partial charge is 0.426 e. The summed E-state index contributed by atoms with van der Waals surface area (Å²) >= 11 is 0. The average Bonchev–Trinajstić information content (AvgIpc) is 2.27. The molecule has 0 aromatic heterocycles. The van der Waals surface area contributed by atoms with Gasteiger partial charge in [0.05, 0.1) is 0 Å². The summed E-state index contributed by atoms with van der Waals surface area (Å²) in [6.07, 6.45) is -5.00. The van der Waals surface area contributed by atoms with E-state index in [4.69, 9.17) is 0 Å². The first-order valence-corrected chi connectivity index (χ1v) is 5.04. The van der Waals surface area contributed by atoms with E-state index in [-0.39, 0.29) is 5.75 Å². The number of hydrogen-bond acceptors (Lipinski definition) is 3. The molecule has 0 spiro atoms. The summed E-state index contributed by atoms with van der Waals surface area (Å²) in [5.74, 6) is -2.98. The summed E-state index contributed by atoms with van der Waals surface area (Å²) in [6.45, 7) is 1.22. The Bertz CT molecular complexity index is 453. The lowest BCUT2D eigenvalue weighted by atomic mass is 9.85. The van der Waals surface area contributed by atoms with Crippen LogP contribution in [0.4, 0.5) is 13.2 Å². The highest BCUT2D eigenvalue weighted by Gasteiger charge is 2.61. The molecule has 3 nitrogen and oxygen atoms in total. The van der Waals surface area contributed by atoms with E-state index in [0.717, 1.165) is 0 Å². The molecule has 0 fully saturated rings. The molecule has 6 heteroatoms. The van der Waals surface area contributed by atoms with Gasteiger partial charge in [0.1, 0.15) is 5.75 Å². The number of hydrogen-bond donors (Lipinski definition) is 0. The molecule has 0 saturated heterocycles. The van der Waals surface area contributed by atoms with Crippen LogP contribution in [0, 0.1) is 5.41 Å². The predicted molar refractivity (Wildman–Crippen MR) is 56.9 cm³/mol. The van der Waals surface area contributed by atoms with Gasteiger partial charge in [-0.15, -0.1) is 0 Å². The third-order valence-electron chi connectivity index (χ3n) is 2.63. The van der Waals surface area contributed by atoms with Crippen molar-refractivity contribution >= 4 is 11.8 Å². The summed E-state index contributed by atoms with van der Waals surface area (Å²) in [5.41, 5.74) is -3.15. The Morgan fingerprint density at radius 3 is 2.00 bits per heavy atom. The molecular formula is C12H11F3O3. The van der Waals surface area contributed by atoms with Crippen molar-refractivity contribution in [1.29, 1.82) is 0 Å². The molecule has 0 aliphatic carbocycles. The van der Waals surface area contributed by atoms with Crippen molar-refractivity contribution in [2.75, 3.05) is 0 Å². The summed E-state index contributed by atoms with van der Waals surface area (Å²) in [4.78, 5) is 22.7. The van der Waals surface area contributed by atoms with Gasteiger partial charge in [0.15, 0.2) is 5.78 Å². The smallest absolute Gasteiger partial charge is 0.411 e. The van der Waals surface area contributed by atoms with Gasteiger partial charge in [0, 0.05) is 0 Å². The Balaban J connectivity index is 3.03. The van der Waals surface area contributed by atoms with Gasteiger partial charge in [-0.05, 0) is 26.0 Å². The van der Waals surface area contributed by atoms with E-state index in [1.54, 1.807) is 6.07 Å². The molecule has 98 valence electrons. The molecule has 0 saturated carbocycles. The van der Waals surface area contributed by atoms with Crippen LogP contribution in [0.15, 0.2) is 30.3 Å². The second-order valence-corrected chi connectivity index (χ2v) is 3.88. The zero-order valence-corrected chi connectivity index (χ0v) is 9.75. The summed E-state index contributed by atoms with van der Waals surface area (Å²) in [7, 11) is 0. The monoisotopic (exact) mass is 260 g/mol. The standard InChI is InChI=1S/C12H11F3O3/c1-8(16)11(2,12(13,14)15)10(17)18-9-6-4-3-5-7-9/h3-7H,1-2H3. The minimum atomic E-state index is -5.00. The molecular weight excluding hydrogens is 249 g/mol. The van der Waals surface area contributed by atoms with E-state index in [9.17, 15) is 22.8 Å². The molecule has 0 bridgehead atoms. The number of rotatable bonds is 3. The number of ketones is 1. The van der Waals surface area contributed by atoms with Crippen LogP contribution in [-0.2, 0) is 9.59 Å². The highest BCUT2D eigenvalue weighted by Crippen LogP contribution is 2.40. The van der Waals surface area contributed by atoms with E-state index < -0.39 is 23.3 Å². The van der Waals surface area contributed by atoms with E-state index in [0.29, 0.717) is 13.8 Å². The number of halogens is 3. The van der Waals surface area contributed by atoms with Gasteiger partial charge < -0.3 is 4.74 Å². The fourth-order valence-electron chi connectivity index (χ4n) is 1.16. The maximum Gasteiger partial charge on any atom is 0.411 e. The molecule has 0 radical (unpaired) electrons. The summed E-state index contributed by atoms with van der Waals surface area (Å²) in [6, 6.07) is 7.28. The Hall–Kier alpha value is -1.85. The first-order chi connectivity index (χ1) is 8.19. The fraction of sp³-hybridized carbons (Fsp3) is 0.333. The quantitative estimate of drug-likeness (QED) is 0.477. The Morgan fingerprint density at radius 2 is 1.61 bits per heavy atom. The third kappa shape index (κ3) is 2.52. The maximum absolute atomic E-state index is 12.8. The maximum atomic E-state index is 12.8. The van der Waals surface area contributed by atoms with Gasteiger partial charge >= 0.3 is 12.1 Å². The first kappa shape index (κ1) is 14.2. The molecule has 1 aromatic carbocycles. The summed E-state index contributed by atoms with van der Waals surface area (Å²) < 4.78 is 42.9. The van der Waals surface area contributed by atoms with Crippen LogP contribution < -0.4 is 4.74 Å². The minimum Gasteiger partial charge on any atom is -0.426 e. The highest BCUT2D eigenvalue weighted by atomic mass is 19.4. The van der Waals surface area contributed by atoms with Gasteiger partial charge in [0.25, 0.3) is 0 Å². The van der Waals surface area contributed by atoms with Crippen molar-refractivity contribution in [3.8, 4) is 5.75 Å². The van der Waals surface area contributed by atoms with Crippen molar-refractivity contribution in [3.05, 3.63) is 30.3 Å². The van der Waals surface area contributed by atoms with Crippen LogP contribution in [0.3, 0.4) is 0 Å². The van der Waals surface area contributed by atoms with Crippen LogP contribution in [0.25, 0.3) is 0 Å².